The summed E-state index contributed by atoms with van der Waals surface area (Å²) in [6.45, 7) is 17.9. The summed E-state index contributed by atoms with van der Waals surface area (Å²) in [6, 6.07) is 0. The van der Waals surface area contributed by atoms with Crippen LogP contribution in [0, 0.1) is 50.2 Å². The van der Waals surface area contributed by atoms with Gasteiger partial charge in [0.2, 0.25) is 0 Å². The summed E-state index contributed by atoms with van der Waals surface area (Å²) in [7, 11) is 0. The Morgan fingerprint density at radius 3 is 2.29 bits per heavy atom. The fourth-order valence-electron chi connectivity index (χ4n) is 11.0. The van der Waals surface area contributed by atoms with Crippen LogP contribution in [-0.4, -0.2) is 28.9 Å². The lowest BCUT2D eigenvalue weighted by Gasteiger charge is -2.70. The summed E-state index contributed by atoms with van der Waals surface area (Å²) < 4.78 is 6.00. The quantitative estimate of drug-likeness (QED) is 0.307. The molecule has 5 nitrogen and oxygen atoms in total. The molecule has 4 saturated carbocycles. The van der Waals surface area contributed by atoms with Gasteiger partial charge in [0, 0.05) is 24.2 Å². The molecule has 0 aromatic carbocycles. The number of ketones is 1. The van der Waals surface area contributed by atoms with E-state index in [-0.39, 0.29) is 45.4 Å². The standard InChI is InChI=1S/C33H50O5/c1-9-26(35)38-25-19-28(2,3)18-21-20-10-11-23-30(6)14-13-24(34)29(4,5)22(30)12-15-32(23,8)31(20,7)16-17-33(21,25)27(36)37/h10,21-23,25H,9,11-19H2,1-8H3,(H,36,37)/t21-,22-,23+,25+,30-,31+,32+,33-/m0/s1. The highest BCUT2D eigenvalue weighted by Gasteiger charge is 2.71. The Labute approximate surface area is 229 Å². The number of fused-ring (bicyclic) bond motifs is 7. The average Bonchev–Trinajstić information content (AvgIpc) is 2.81. The van der Waals surface area contributed by atoms with Gasteiger partial charge in [-0.1, -0.05) is 67.0 Å². The maximum absolute atomic E-state index is 13.2. The molecule has 0 heterocycles. The molecule has 8 atom stereocenters. The van der Waals surface area contributed by atoms with Gasteiger partial charge in [0.15, 0.2) is 0 Å². The predicted octanol–water partition coefficient (Wildman–Crippen LogP) is 7.37. The maximum atomic E-state index is 13.2. The van der Waals surface area contributed by atoms with E-state index in [0.29, 0.717) is 36.9 Å². The Kier molecular flexibility index (Phi) is 6.19. The van der Waals surface area contributed by atoms with Gasteiger partial charge < -0.3 is 9.84 Å². The molecule has 0 aromatic heterocycles. The molecule has 5 aliphatic carbocycles. The predicted molar refractivity (Wildman–Crippen MR) is 147 cm³/mol. The normalized spacial score (nSPS) is 46.9. The van der Waals surface area contributed by atoms with E-state index < -0.39 is 17.5 Å². The molecular weight excluding hydrogens is 476 g/mol. The number of rotatable bonds is 3. The first-order valence-electron chi connectivity index (χ1n) is 15.2. The zero-order valence-corrected chi connectivity index (χ0v) is 25.0. The highest BCUT2D eigenvalue weighted by Crippen LogP contribution is 2.75. The lowest BCUT2D eigenvalue weighted by Crippen LogP contribution is -2.66. The lowest BCUT2D eigenvalue weighted by molar-refractivity contribution is -0.207. The van der Waals surface area contributed by atoms with Crippen molar-refractivity contribution in [3.05, 3.63) is 11.6 Å². The van der Waals surface area contributed by atoms with Crippen molar-refractivity contribution in [1.82, 2.24) is 0 Å². The van der Waals surface area contributed by atoms with Crippen LogP contribution in [0.1, 0.15) is 120 Å². The Hall–Kier alpha value is -1.65. The molecule has 0 amide bonds. The number of ether oxygens (including phenoxy) is 1. The highest BCUT2D eigenvalue weighted by molar-refractivity contribution is 5.85. The topological polar surface area (TPSA) is 80.7 Å². The number of hydrogen-bond acceptors (Lipinski definition) is 4. The van der Waals surface area contributed by atoms with E-state index in [9.17, 15) is 19.5 Å². The zero-order valence-electron chi connectivity index (χ0n) is 25.0. The minimum Gasteiger partial charge on any atom is -0.481 e. The Balaban J connectivity index is 1.61. The highest BCUT2D eigenvalue weighted by atomic mass is 16.5. The molecular formula is C33H50O5. The van der Waals surface area contributed by atoms with Gasteiger partial charge in [0.05, 0.1) is 0 Å². The van der Waals surface area contributed by atoms with Gasteiger partial charge in [0.1, 0.15) is 17.3 Å². The molecule has 4 fully saturated rings. The van der Waals surface area contributed by atoms with Crippen molar-refractivity contribution in [3.63, 3.8) is 0 Å². The average molecular weight is 527 g/mol. The summed E-state index contributed by atoms with van der Waals surface area (Å²) in [5, 5.41) is 10.8. The first-order valence-corrected chi connectivity index (χ1v) is 15.2. The van der Waals surface area contributed by atoms with E-state index in [1.807, 2.05) is 0 Å². The van der Waals surface area contributed by atoms with Crippen molar-refractivity contribution in [2.75, 3.05) is 0 Å². The second-order valence-electron chi connectivity index (χ2n) is 15.7. The summed E-state index contributed by atoms with van der Waals surface area (Å²) in [4.78, 5) is 38.7. The van der Waals surface area contributed by atoms with Gasteiger partial charge in [-0.25, -0.2) is 0 Å². The van der Waals surface area contributed by atoms with E-state index >= 15 is 0 Å². The largest absolute Gasteiger partial charge is 0.481 e. The van der Waals surface area contributed by atoms with Crippen LogP contribution in [0.15, 0.2) is 11.6 Å². The number of carboxylic acid groups (broad SMARTS) is 1. The first kappa shape index (κ1) is 27.9. The summed E-state index contributed by atoms with van der Waals surface area (Å²) in [5.74, 6) is 0.0438. The summed E-state index contributed by atoms with van der Waals surface area (Å²) in [5.41, 5.74) is -0.0999. The Morgan fingerprint density at radius 2 is 1.66 bits per heavy atom. The molecule has 0 unspecified atom stereocenters. The molecule has 5 aliphatic rings. The van der Waals surface area contributed by atoms with Gasteiger partial charge in [-0.15, -0.1) is 0 Å². The number of esters is 1. The van der Waals surface area contributed by atoms with Crippen LogP contribution in [-0.2, 0) is 19.1 Å². The second kappa shape index (κ2) is 8.43. The Morgan fingerprint density at radius 1 is 0.974 bits per heavy atom. The molecule has 1 N–H and O–H groups in total. The smallest absolute Gasteiger partial charge is 0.314 e. The van der Waals surface area contributed by atoms with Crippen molar-refractivity contribution in [3.8, 4) is 0 Å². The number of carboxylic acids is 1. The molecule has 0 aromatic rings. The van der Waals surface area contributed by atoms with Crippen LogP contribution in [0.3, 0.4) is 0 Å². The number of Topliss-reactive ketones (excluding diaryl/α,β-unsaturated/α-hetero) is 1. The van der Waals surface area contributed by atoms with E-state index in [1.54, 1.807) is 6.92 Å². The molecule has 0 bridgehead atoms. The molecule has 5 rings (SSSR count). The van der Waals surface area contributed by atoms with E-state index in [4.69, 9.17) is 4.74 Å². The van der Waals surface area contributed by atoms with Gasteiger partial charge in [-0.05, 0) is 84.9 Å². The molecule has 0 spiro atoms. The molecule has 0 aliphatic heterocycles. The van der Waals surface area contributed by atoms with E-state index in [0.717, 1.165) is 38.5 Å². The number of aliphatic carboxylic acids is 1. The minimum absolute atomic E-state index is 0.0423. The van der Waals surface area contributed by atoms with E-state index in [2.05, 4.69) is 54.5 Å². The maximum Gasteiger partial charge on any atom is 0.314 e. The van der Waals surface area contributed by atoms with Gasteiger partial charge in [0.25, 0.3) is 0 Å². The lowest BCUT2D eigenvalue weighted by atomic mass is 9.33. The fraction of sp³-hybridized carbons (Fsp3) is 0.848. The van der Waals surface area contributed by atoms with Gasteiger partial charge in [-0.3, -0.25) is 14.4 Å². The van der Waals surface area contributed by atoms with Crippen LogP contribution in [0.4, 0.5) is 0 Å². The summed E-state index contributed by atoms with van der Waals surface area (Å²) >= 11 is 0. The molecule has 5 heteroatoms. The zero-order chi connectivity index (χ0) is 28.1. The summed E-state index contributed by atoms with van der Waals surface area (Å²) in [6.07, 6.45) is 9.56. The van der Waals surface area contributed by atoms with Crippen molar-refractivity contribution in [2.24, 2.45) is 50.2 Å². The second-order valence-corrected chi connectivity index (χ2v) is 15.7. The third-order valence-corrected chi connectivity index (χ3v) is 13.3. The minimum atomic E-state index is -1.06. The van der Waals surface area contributed by atoms with Crippen molar-refractivity contribution >= 4 is 17.7 Å². The fourth-order valence-corrected chi connectivity index (χ4v) is 11.0. The molecule has 212 valence electrons. The number of allylic oxidation sites excluding steroid dienone is 2. The molecule has 0 radical (unpaired) electrons. The van der Waals surface area contributed by atoms with Crippen LogP contribution < -0.4 is 0 Å². The third-order valence-electron chi connectivity index (χ3n) is 13.3. The van der Waals surface area contributed by atoms with Gasteiger partial charge >= 0.3 is 11.9 Å². The number of hydrogen-bond donors (Lipinski definition) is 1. The number of carbonyl (C=O) groups excluding carboxylic acids is 2. The molecule has 38 heavy (non-hydrogen) atoms. The van der Waals surface area contributed by atoms with Crippen molar-refractivity contribution in [1.29, 1.82) is 0 Å². The van der Waals surface area contributed by atoms with Crippen LogP contribution in [0.5, 0.6) is 0 Å². The van der Waals surface area contributed by atoms with Crippen LogP contribution in [0.25, 0.3) is 0 Å². The first-order chi connectivity index (χ1) is 17.5. The molecule has 0 saturated heterocycles. The number of carbonyl (C=O) groups is 3. The monoisotopic (exact) mass is 526 g/mol. The van der Waals surface area contributed by atoms with E-state index in [1.165, 1.54) is 5.57 Å². The van der Waals surface area contributed by atoms with Crippen LogP contribution in [0.2, 0.25) is 0 Å². The van der Waals surface area contributed by atoms with Crippen LogP contribution >= 0.6 is 0 Å². The Bertz CT molecular complexity index is 1080. The third kappa shape index (κ3) is 3.44. The SMILES string of the molecule is CCC(=O)O[C@@H]1CC(C)(C)C[C@H]2C3=CC[C@@H]4[C@@]5(C)CCC(=O)C(C)(C)[C@@H]5CC[C@@]4(C)[C@]3(C)CC[C@@]12C(=O)O. The van der Waals surface area contributed by atoms with Crippen molar-refractivity contribution < 1.29 is 24.2 Å². The van der Waals surface area contributed by atoms with Crippen molar-refractivity contribution in [2.45, 2.75) is 126 Å². The van der Waals surface area contributed by atoms with Gasteiger partial charge in [-0.2, -0.15) is 0 Å².